The van der Waals surface area contributed by atoms with Crippen LogP contribution >= 0.6 is 0 Å². The van der Waals surface area contributed by atoms with E-state index in [2.05, 4.69) is 21.4 Å². The van der Waals surface area contributed by atoms with Gasteiger partial charge in [0.25, 0.3) is 0 Å². The van der Waals surface area contributed by atoms with Crippen LogP contribution in [0.4, 0.5) is 5.82 Å². The van der Waals surface area contributed by atoms with E-state index in [0.29, 0.717) is 0 Å². The van der Waals surface area contributed by atoms with E-state index in [-0.39, 0.29) is 0 Å². The van der Waals surface area contributed by atoms with Crippen LogP contribution in [0.3, 0.4) is 0 Å². The zero-order valence-electron chi connectivity index (χ0n) is 16.1. The van der Waals surface area contributed by atoms with Crippen molar-refractivity contribution in [3.8, 4) is 0 Å². The van der Waals surface area contributed by atoms with Gasteiger partial charge < -0.3 is 9.64 Å². The van der Waals surface area contributed by atoms with Gasteiger partial charge in [0.15, 0.2) is 0 Å². The van der Waals surface area contributed by atoms with Gasteiger partial charge in [-0.2, -0.15) is 0 Å². The van der Waals surface area contributed by atoms with E-state index in [0.717, 1.165) is 43.4 Å². The Morgan fingerprint density at radius 1 is 1.04 bits per heavy atom. The SMILES string of the molecule is C=Cc1c(/C=C\C)ncnc1N1CCOCC1.CC.CC.CC. The molecule has 0 atom stereocenters. The first kappa shape index (κ1) is 23.6. The molecule has 0 aromatic carbocycles. The van der Waals surface area contributed by atoms with Gasteiger partial charge in [-0.25, -0.2) is 9.97 Å². The molecule has 0 radical (unpaired) electrons. The second-order valence-corrected chi connectivity index (χ2v) is 3.80. The van der Waals surface area contributed by atoms with Crippen molar-refractivity contribution >= 4 is 18.0 Å². The zero-order chi connectivity index (χ0) is 18.1. The molecule has 1 aliphatic rings. The van der Waals surface area contributed by atoms with Gasteiger partial charge in [-0.1, -0.05) is 60.3 Å². The first-order valence-electron chi connectivity index (χ1n) is 8.79. The number of hydrogen-bond donors (Lipinski definition) is 0. The molecule has 0 aliphatic carbocycles. The summed E-state index contributed by atoms with van der Waals surface area (Å²) in [5.74, 6) is 0.950. The Labute approximate surface area is 143 Å². The van der Waals surface area contributed by atoms with Crippen molar-refractivity contribution < 1.29 is 4.74 Å². The Hall–Kier alpha value is -1.68. The maximum absolute atomic E-state index is 5.35. The topological polar surface area (TPSA) is 38.2 Å². The van der Waals surface area contributed by atoms with Crippen LogP contribution in [0.25, 0.3) is 12.2 Å². The van der Waals surface area contributed by atoms with Crippen LogP contribution in [0.5, 0.6) is 0 Å². The summed E-state index contributed by atoms with van der Waals surface area (Å²) in [6, 6.07) is 0. The Morgan fingerprint density at radius 3 is 2.09 bits per heavy atom. The summed E-state index contributed by atoms with van der Waals surface area (Å²) >= 11 is 0. The molecule has 23 heavy (non-hydrogen) atoms. The lowest BCUT2D eigenvalue weighted by atomic mass is 10.1. The first-order valence-corrected chi connectivity index (χ1v) is 8.79. The van der Waals surface area contributed by atoms with Crippen LogP contribution in [0.1, 0.15) is 59.7 Å². The van der Waals surface area contributed by atoms with E-state index in [1.54, 1.807) is 6.33 Å². The Morgan fingerprint density at radius 2 is 1.61 bits per heavy atom. The van der Waals surface area contributed by atoms with Crippen molar-refractivity contribution in [3.05, 3.63) is 30.2 Å². The van der Waals surface area contributed by atoms with Gasteiger partial charge in [-0.15, -0.1) is 0 Å². The minimum atomic E-state index is 0.750. The van der Waals surface area contributed by atoms with Gasteiger partial charge >= 0.3 is 0 Å². The summed E-state index contributed by atoms with van der Waals surface area (Å²) in [5, 5.41) is 0. The third-order valence-electron chi connectivity index (χ3n) is 2.73. The largest absolute Gasteiger partial charge is 0.378 e. The van der Waals surface area contributed by atoms with Crippen LogP contribution in [0, 0.1) is 0 Å². The van der Waals surface area contributed by atoms with E-state index in [1.807, 2.05) is 66.7 Å². The Bertz CT molecular complexity index is 425. The van der Waals surface area contributed by atoms with Crippen molar-refractivity contribution in [1.82, 2.24) is 9.97 Å². The minimum Gasteiger partial charge on any atom is -0.378 e. The molecule has 1 aliphatic heterocycles. The summed E-state index contributed by atoms with van der Waals surface area (Å²) in [4.78, 5) is 10.9. The van der Waals surface area contributed by atoms with Crippen LogP contribution < -0.4 is 4.90 Å². The highest BCUT2D eigenvalue weighted by Gasteiger charge is 2.16. The molecule has 132 valence electrons. The van der Waals surface area contributed by atoms with Gasteiger partial charge in [-0.3, -0.25) is 0 Å². The molecular weight excluding hydrogens is 286 g/mol. The lowest BCUT2D eigenvalue weighted by Gasteiger charge is -2.29. The third kappa shape index (κ3) is 7.93. The number of aromatic nitrogens is 2. The van der Waals surface area contributed by atoms with Gasteiger partial charge in [0.1, 0.15) is 12.1 Å². The second-order valence-electron chi connectivity index (χ2n) is 3.80. The molecule has 0 saturated carbocycles. The molecule has 4 nitrogen and oxygen atoms in total. The Balaban J connectivity index is 0. The summed E-state index contributed by atoms with van der Waals surface area (Å²) < 4.78 is 5.35. The molecule has 0 bridgehead atoms. The number of anilines is 1. The molecule has 0 N–H and O–H groups in total. The Kier molecular flexibility index (Phi) is 17.1. The third-order valence-corrected chi connectivity index (χ3v) is 2.73. The molecule has 0 spiro atoms. The van der Waals surface area contributed by atoms with Crippen LogP contribution in [0.15, 0.2) is 19.0 Å². The van der Waals surface area contributed by atoms with Crippen molar-refractivity contribution in [2.75, 3.05) is 31.2 Å². The first-order chi connectivity index (χ1) is 11.4. The smallest absolute Gasteiger partial charge is 0.140 e. The highest BCUT2D eigenvalue weighted by molar-refractivity contribution is 5.71. The predicted octanol–water partition coefficient (Wildman–Crippen LogP) is 5.07. The van der Waals surface area contributed by atoms with E-state index in [4.69, 9.17) is 4.74 Å². The van der Waals surface area contributed by atoms with Crippen molar-refractivity contribution in [3.63, 3.8) is 0 Å². The standard InChI is InChI=1S/C13H17N3O.3C2H6/c1-3-5-12-11(4-2)13(15-10-14-12)16-6-8-17-9-7-16;3*1-2/h3-5,10H,2,6-9H2,1H3;3*1-2H3/b5-3-;;;. The molecule has 1 saturated heterocycles. The van der Waals surface area contributed by atoms with Gasteiger partial charge in [0.2, 0.25) is 0 Å². The van der Waals surface area contributed by atoms with E-state index in [1.165, 1.54) is 0 Å². The van der Waals surface area contributed by atoms with E-state index < -0.39 is 0 Å². The van der Waals surface area contributed by atoms with E-state index >= 15 is 0 Å². The summed E-state index contributed by atoms with van der Waals surface area (Å²) in [6.07, 6.45) is 7.37. The maximum Gasteiger partial charge on any atom is 0.140 e. The molecule has 1 aromatic heterocycles. The lowest BCUT2D eigenvalue weighted by Crippen LogP contribution is -2.37. The number of nitrogens with zero attached hydrogens (tertiary/aromatic N) is 3. The highest BCUT2D eigenvalue weighted by atomic mass is 16.5. The number of rotatable bonds is 3. The number of ether oxygens (including phenoxy) is 1. The zero-order valence-corrected chi connectivity index (χ0v) is 16.1. The average molecular weight is 322 g/mol. The molecule has 2 rings (SSSR count). The van der Waals surface area contributed by atoms with Crippen molar-refractivity contribution in [2.45, 2.75) is 48.5 Å². The average Bonchev–Trinajstić information content (AvgIpc) is 2.67. The minimum absolute atomic E-state index is 0.750. The molecular formula is C19H35N3O. The fraction of sp³-hybridized carbons (Fsp3) is 0.579. The predicted molar refractivity (Wildman–Crippen MR) is 104 cm³/mol. The number of allylic oxidation sites excluding steroid dienone is 1. The van der Waals surface area contributed by atoms with Crippen LogP contribution in [-0.2, 0) is 4.74 Å². The molecule has 1 fully saturated rings. The molecule has 0 amide bonds. The summed E-state index contributed by atoms with van der Waals surface area (Å²) in [5.41, 5.74) is 1.91. The lowest BCUT2D eigenvalue weighted by molar-refractivity contribution is 0.122. The van der Waals surface area contributed by atoms with Crippen LogP contribution in [0.2, 0.25) is 0 Å². The second kappa shape index (κ2) is 16.7. The quantitative estimate of drug-likeness (QED) is 0.779. The fourth-order valence-corrected chi connectivity index (χ4v) is 1.91. The molecule has 1 aromatic rings. The van der Waals surface area contributed by atoms with E-state index in [9.17, 15) is 0 Å². The maximum atomic E-state index is 5.35. The normalized spacial score (nSPS) is 12.9. The fourth-order valence-electron chi connectivity index (χ4n) is 1.91. The molecule has 0 unspecified atom stereocenters. The molecule has 4 heteroatoms. The van der Waals surface area contributed by atoms with Crippen molar-refractivity contribution in [2.24, 2.45) is 0 Å². The van der Waals surface area contributed by atoms with Gasteiger partial charge in [0, 0.05) is 18.7 Å². The monoisotopic (exact) mass is 321 g/mol. The highest BCUT2D eigenvalue weighted by Crippen LogP contribution is 2.22. The van der Waals surface area contributed by atoms with Crippen molar-refractivity contribution in [1.29, 1.82) is 0 Å². The number of hydrogen-bond acceptors (Lipinski definition) is 4. The number of morpholine rings is 1. The summed E-state index contributed by atoms with van der Waals surface area (Å²) in [7, 11) is 0. The van der Waals surface area contributed by atoms with Crippen LogP contribution in [-0.4, -0.2) is 36.3 Å². The van der Waals surface area contributed by atoms with Gasteiger partial charge in [-0.05, 0) is 13.0 Å². The van der Waals surface area contributed by atoms with Gasteiger partial charge in [0.05, 0.1) is 18.9 Å². The summed E-state index contributed by atoms with van der Waals surface area (Å²) in [6.45, 7) is 21.1. The molecule has 2 heterocycles.